The topological polar surface area (TPSA) is 69.7 Å². The van der Waals surface area contributed by atoms with E-state index in [4.69, 9.17) is 14.2 Å². The number of nitrogens with one attached hydrogen (secondary N) is 1. The Morgan fingerprint density at radius 1 is 0.967 bits per heavy atom. The standard InChI is InChI=1S/C23H26N2O4S/c1-4-27-19-13-17(14-20(28-5-2)21(19)29-6-3)22(26)25-23-24-15-18(30-23)12-16-10-8-7-9-11-16/h7-11,13-15H,4-6,12H2,1-3H3,(H,24,25,26). The third-order valence-corrected chi connectivity index (χ3v) is 5.08. The van der Waals surface area contributed by atoms with E-state index in [2.05, 4.69) is 22.4 Å². The lowest BCUT2D eigenvalue weighted by atomic mass is 10.1. The SMILES string of the molecule is CCOc1cc(C(=O)Nc2ncc(Cc3ccccc3)s2)cc(OCC)c1OCC. The van der Waals surface area contributed by atoms with Gasteiger partial charge in [-0.2, -0.15) is 0 Å². The predicted molar refractivity (Wildman–Crippen MR) is 119 cm³/mol. The first-order valence-electron chi connectivity index (χ1n) is 10.0. The molecule has 0 unspecified atom stereocenters. The molecule has 1 N–H and O–H groups in total. The zero-order chi connectivity index (χ0) is 21.3. The minimum absolute atomic E-state index is 0.277. The van der Waals surface area contributed by atoms with E-state index in [-0.39, 0.29) is 5.91 Å². The number of ether oxygens (including phenoxy) is 3. The van der Waals surface area contributed by atoms with E-state index in [0.29, 0.717) is 47.8 Å². The van der Waals surface area contributed by atoms with E-state index in [1.54, 1.807) is 18.3 Å². The molecule has 1 aromatic heterocycles. The molecule has 0 saturated heterocycles. The predicted octanol–water partition coefficient (Wildman–Crippen LogP) is 5.18. The number of nitrogens with zero attached hydrogens (tertiary/aromatic N) is 1. The molecule has 0 bridgehead atoms. The summed E-state index contributed by atoms with van der Waals surface area (Å²) in [5.74, 6) is 1.21. The van der Waals surface area contributed by atoms with Crippen molar-refractivity contribution in [2.24, 2.45) is 0 Å². The van der Waals surface area contributed by atoms with Gasteiger partial charge < -0.3 is 14.2 Å². The van der Waals surface area contributed by atoms with E-state index < -0.39 is 0 Å². The molecule has 3 rings (SSSR count). The number of amides is 1. The van der Waals surface area contributed by atoms with Gasteiger partial charge in [0.2, 0.25) is 5.75 Å². The van der Waals surface area contributed by atoms with Crippen LogP contribution in [0.2, 0.25) is 0 Å². The number of thiazole rings is 1. The summed E-state index contributed by atoms with van der Waals surface area (Å²) in [6.45, 7) is 7.02. The maximum absolute atomic E-state index is 12.9. The van der Waals surface area contributed by atoms with Crippen LogP contribution in [-0.2, 0) is 6.42 Å². The van der Waals surface area contributed by atoms with Gasteiger partial charge in [-0.25, -0.2) is 4.98 Å². The second kappa shape index (κ2) is 10.6. The van der Waals surface area contributed by atoms with Crippen LogP contribution in [0.5, 0.6) is 17.2 Å². The van der Waals surface area contributed by atoms with Crippen LogP contribution in [0, 0.1) is 0 Å². The fourth-order valence-corrected chi connectivity index (χ4v) is 3.77. The Labute approximate surface area is 180 Å². The molecule has 7 heteroatoms. The van der Waals surface area contributed by atoms with Gasteiger partial charge in [-0.1, -0.05) is 30.3 Å². The molecule has 1 heterocycles. The summed E-state index contributed by atoms with van der Waals surface area (Å²) >= 11 is 1.46. The Bertz CT molecular complexity index is 945. The molecule has 158 valence electrons. The quantitative estimate of drug-likeness (QED) is 0.484. The molecule has 2 aromatic carbocycles. The number of anilines is 1. The zero-order valence-corrected chi connectivity index (χ0v) is 18.3. The Kier molecular flexibility index (Phi) is 7.68. The molecule has 0 atom stereocenters. The number of rotatable bonds is 10. The molecule has 6 nitrogen and oxygen atoms in total. The molecule has 0 aliphatic heterocycles. The normalized spacial score (nSPS) is 10.5. The van der Waals surface area contributed by atoms with E-state index in [1.165, 1.54) is 16.9 Å². The summed E-state index contributed by atoms with van der Waals surface area (Å²) in [5.41, 5.74) is 1.62. The van der Waals surface area contributed by atoms with Gasteiger partial charge in [-0.3, -0.25) is 10.1 Å². The van der Waals surface area contributed by atoms with E-state index >= 15 is 0 Å². The van der Waals surface area contributed by atoms with Crippen molar-refractivity contribution in [3.8, 4) is 17.2 Å². The van der Waals surface area contributed by atoms with Gasteiger partial charge in [0, 0.05) is 23.1 Å². The molecular weight excluding hydrogens is 400 g/mol. The molecule has 3 aromatic rings. The van der Waals surface area contributed by atoms with Gasteiger partial charge in [0.25, 0.3) is 5.91 Å². The highest BCUT2D eigenvalue weighted by molar-refractivity contribution is 7.15. The van der Waals surface area contributed by atoms with Crippen LogP contribution >= 0.6 is 11.3 Å². The van der Waals surface area contributed by atoms with Crippen LogP contribution in [0.1, 0.15) is 41.6 Å². The van der Waals surface area contributed by atoms with Crippen LogP contribution in [0.4, 0.5) is 5.13 Å². The fourth-order valence-electron chi connectivity index (χ4n) is 2.93. The molecule has 0 aliphatic rings. The third-order valence-electron chi connectivity index (χ3n) is 4.17. The van der Waals surface area contributed by atoms with E-state index in [0.717, 1.165) is 11.3 Å². The fraction of sp³-hybridized carbons (Fsp3) is 0.304. The van der Waals surface area contributed by atoms with Crippen LogP contribution in [0.25, 0.3) is 0 Å². The second-order valence-electron chi connectivity index (χ2n) is 6.35. The molecular formula is C23H26N2O4S. The molecule has 0 radical (unpaired) electrons. The summed E-state index contributed by atoms with van der Waals surface area (Å²) in [6, 6.07) is 13.5. The van der Waals surface area contributed by atoms with Crippen molar-refractivity contribution in [2.75, 3.05) is 25.1 Å². The Morgan fingerprint density at radius 3 is 2.20 bits per heavy atom. The number of carbonyl (C=O) groups is 1. The van der Waals surface area contributed by atoms with Gasteiger partial charge in [-0.15, -0.1) is 11.3 Å². The Hall–Kier alpha value is -3.06. The number of carbonyl (C=O) groups excluding carboxylic acids is 1. The van der Waals surface area contributed by atoms with E-state index in [9.17, 15) is 4.79 Å². The molecule has 0 saturated carbocycles. The number of hydrogen-bond acceptors (Lipinski definition) is 6. The van der Waals surface area contributed by atoms with Crippen molar-refractivity contribution < 1.29 is 19.0 Å². The lowest BCUT2D eigenvalue weighted by Gasteiger charge is -2.16. The molecule has 0 spiro atoms. The minimum atomic E-state index is -0.277. The lowest BCUT2D eigenvalue weighted by Crippen LogP contribution is -2.13. The van der Waals surface area contributed by atoms with Crippen molar-refractivity contribution in [3.05, 3.63) is 64.7 Å². The summed E-state index contributed by atoms with van der Waals surface area (Å²) in [6.07, 6.45) is 2.57. The monoisotopic (exact) mass is 426 g/mol. The van der Waals surface area contributed by atoms with E-state index in [1.807, 2.05) is 39.0 Å². The van der Waals surface area contributed by atoms with Crippen LogP contribution < -0.4 is 19.5 Å². The van der Waals surface area contributed by atoms with Gasteiger partial charge in [0.1, 0.15) is 0 Å². The molecule has 0 aliphatic carbocycles. The van der Waals surface area contributed by atoms with Gasteiger partial charge in [0.15, 0.2) is 16.6 Å². The van der Waals surface area contributed by atoms with Crippen molar-refractivity contribution in [3.63, 3.8) is 0 Å². The van der Waals surface area contributed by atoms with Crippen LogP contribution in [0.15, 0.2) is 48.7 Å². The van der Waals surface area contributed by atoms with Gasteiger partial charge in [0.05, 0.1) is 19.8 Å². The molecule has 30 heavy (non-hydrogen) atoms. The average molecular weight is 427 g/mol. The van der Waals surface area contributed by atoms with Crippen LogP contribution in [-0.4, -0.2) is 30.7 Å². The Morgan fingerprint density at radius 2 is 1.60 bits per heavy atom. The van der Waals surface area contributed by atoms with Crippen molar-refractivity contribution >= 4 is 22.4 Å². The first kappa shape index (κ1) is 21.6. The number of benzene rings is 2. The average Bonchev–Trinajstić information content (AvgIpc) is 3.18. The highest BCUT2D eigenvalue weighted by Gasteiger charge is 2.19. The lowest BCUT2D eigenvalue weighted by molar-refractivity contribution is 0.102. The highest BCUT2D eigenvalue weighted by atomic mass is 32.1. The van der Waals surface area contributed by atoms with Gasteiger partial charge >= 0.3 is 0 Å². The highest BCUT2D eigenvalue weighted by Crippen LogP contribution is 2.39. The van der Waals surface area contributed by atoms with Crippen molar-refractivity contribution in [1.29, 1.82) is 0 Å². The largest absolute Gasteiger partial charge is 0.490 e. The third kappa shape index (κ3) is 5.51. The summed E-state index contributed by atoms with van der Waals surface area (Å²) in [4.78, 5) is 18.3. The minimum Gasteiger partial charge on any atom is -0.490 e. The Balaban J connectivity index is 1.79. The van der Waals surface area contributed by atoms with Crippen molar-refractivity contribution in [2.45, 2.75) is 27.2 Å². The molecule has 0 fully saturated rings. The summed E-state index contributed by atoms with van der Waals surface area (Å²) in [5, 5.41) is 3.42. The maximum atomic E-state index is 12.9. The molecule has 1 amide bonds. The summed E-state index contributed by atoms with van der Waals surface area (Å²) in [7, 11) is 0. The van der Waals surface area contributed by atoms with Gasteiger partial charge in [-0.05, 0) is 38.5 Å². The smallest absolute Gasteiger partial charge is 0.257 e. The first-order valence-corrected chi connectivity index (χ1v) is 10.8. The number of aromatic nitrogens is 1. The number of hydrogen-bond donors (Lipinski definition) is 1. The van der Waals surface area contributed by atoms with Crippen LogP contribution in [0.3, 0.4) is 0 Å². The van der Waals surface area contributed by atoms with Crippen molar-refractivity contribution in [1.82, 2.24) is 4.98 Å². The zero-order valence-electron chi connectivity index (χ0n) is 17.4. The summed E-state index contributed by atoms with van der Waals surface area (Å²) < 4.78 is 17.1. The second-order valence-corrected chi connectivity index (χ2v) is 7.46. The maximum Gasteiger partial charge on any atom is 0.257 e. The first-order chi connectivity index (χ1) is 14.6.